The van der Waals surface area contributed by atoms with Crippen molar-refractivity contribution in [2.75, 3.05) is 6.54 Å². The lowest BCUT2D eigenvalue weighted by atomic mass is 10.0. The summed E-state index contributed by atoms with van der Waals surface area (Å²) >= 11 is 0. The number of aliphatic carboxylic acids is 1. The highest BCUT2D eigenvalue weighted by molar-refractivity contribution is 5.98. The fourth-order valence-corrected chi connectivity index (χ4v) is 2.45. The maximum Gasteiger partial charge on any atom is 0.326 e. The van der Waals surface area contributed by atoms with Crippen LogP contribution >= 0.6 is 0 Å². The van der Waals surface area contributed by atoms with Crippen LogP contribution < -0.4 is 0 Å². The Morgan fingerprint density at radius 1 is 1.47 bits per heavy atom. The molecule has 1 aliphatic rings. The molecule has 0 unspecified atom stereocenters. The SMILES string of the molecule is Cc1noc(C(C)C)c1C(=O)N1CCC[C@@H]1C(=O)O. The Balaban J connectivity index is 2.34. The first kappa shape index (κ1) is 13.6. The van der Waals surface area contributed by atoms with Crippen molar-refractivity contribution in [1.29, 1.82) is 0 Å². The number of aryl methyl sites for hydroxylation is 1. The first-order valence-corrected chi connectivity index (χ1v) is 6.43. The molecular formula is C13H18N2O4. The molecule has 2 heterocycles. The van der Waals surface area contributed by atoms with Crippen LogP contribution in [0.15, 0.2) is 4.52 Å². The summed E-state index contributed by atoms with van der Waals surface area (Å²) in [6, 6.07) is -0.734. The lowest BCUT2D eigenvalue weighted by molar-refractivity contribution is -0.141. The number of carbonyl (C=O) groups is 2. The number of likely N-dealkylation sites (tertiary alicyclic amines) is 1. The molecule has 1 amide bonds. The summed E-state index contributed by atoms with van der Waals surface area (Å²) < 4.78 is 5.19. The molecule has 0 spiro atoms. The summed E-state index contributed by atoms with van der Waals surface area (Å²) in [5, 5.41) is 13.0. The van der Waals surface area contributed by atoms with Crippen molar-refractivity contribution in [2.45, 2.75) is 45.6 Å². The van der Waals surface area contributed by atoms with Crippen LogP contribution in [0.1, 0.15) is 54.4 Å². The Labute approximate surface area is 111 Å². The highest BCUT2D eigenvalue weighted by Crippen LogP contribution is 2.27. The van der Waals surface area contributed by atoms with Crippen LogP contribution in [0.3, 0.4) is 0 Å². The lowest BCUT2D eigenvalue weighted by Gasteiger charge is -2.21. The predicted molar refractivity (Wildman–Crippen MR) is 67.0 cm³/mol. The second-order valence-corrected chi connectivity index (χ2v) is 5.16. The van der Waals surface area contributed by atoms with Crippen LogP contribution in [0.4, 0.5) is 0 Å². The van der Waals surface area contributed by atoms with Gasteiger partial charge in [0.25, 0.3) is 5.91 Å². The highest BCUT2D eigenvalue weighted by Gasteiger charge is 2.37. The van der Waals surface area contributed by atoms with Gasteiger partial charge in [0.05, 0.1) is 5.69 Å². The van der Waals surface area contributed by atoms with Crippen molar-refractivity contribution in [1.82, 2.24) is 10.1 Å². The summed E-state index contributed by atoms with van der Waals surface area (Å²) in [6.45, 7) is 6.00. The Bertz CT molecular complexity index is 507. The minimum absolute atomic E-state index is 0.0334. The molecule has 1 aromatic heterocycles. The Hall–Kier alpha value is -1.85. The average molecular weight is 266 g/mol. The fraction of sp³-hybridized carbons (Fsp3) is 0.615. The van der Waals surface area contributed by atoms with Crippen LogP contribution in [0, 0.1) is 6.92 Å². The van der Waals surface area contributed by atoms with Crippen molar-refractivity contribution in [3.63, 3.8) is 0 Å². The molecule has 19 heavy (non-hydrogen) atoms. The van der Waals surface area contributed by atoms with Gasteiger partial charge in [0.15, 0.2) is 5.76 Å². The van der Waals surface area contributed by atoms with Gasteiger partial charge in [-0.1, -0.05) is 19.0 Å². The van der Waals surface area contributed by atoms with Gasteiger partial charge in [0.2, 0.25) is 0 Å². The Morgan fingerprint density at radius 2 is 2.16 bits per heavy atom. The van der Waals surface area contributed by atoms with E-state index in [1.54, 1.807) is 6.92 Å². The summed E-state index contributed by atoms with van der Waals surface area (Å²) in [5.74, 6) is -0.678. The number of hydrogen-bond donors (Lipinski definition) is 1. The number of carboxylic acids is 1. The zero-order chi connectivity index (χ0) is 14.2. The van der Waals surface area contributed by atoms with Crippen LogP contribution in [0.5, 0.6) is 0 Å². The number of nitrogens with zero attached hydrogens (tertiary/aromatic N) is 2. The van der Waals surface area contributed by atoms with E-state index < -0.39 is 12.0 Å². The van der Waals surface area contributed by atoms with Crippen molar-refractivity contribution in [3.05, 3.63) is 17.0 Å². The van der Waals surface area contributed by atoms with Gasteiger partial charge in [-0.3, -0.25) is 4.79 Å². The predicted octanol–water partition coefficient (Wildman–Crippen LogP) is 1.80. The van der Waals surface area contributed by atoms with Crippen molar-refractivity contribution in [3.8, 4) is 0 Å². The second kappa shape index (κ2) is 5.03. The standard InChI is InChI=1S/C13H18N2O4/c1-7(2)11-10(8(3)14-19-11)12(16)15-6-4-5-9(15)13(17)18/h7,9H,4-6H2,1-3H3,(H,17,18)/t9-/m1/s1. The van der Waals surface area contributed by atoms with Gasteiger partial charge in [-0.2, -0.15) is 0 Å². The van der Waals surface area contributed by atoms with E-state index in [1.807, 2.05) is 13.8 Å². The summed E-state index contributed by atoms with van der Waals surface area (Å²) in [5.41, 5.74) is 0.938. The zero-order valence-electron chi connectivity index (χ0n) is 11.3. The molecule has 1 atom stereocenters. The average Bonchev–Trinajstić information content (AvgIpc) is 2.93. The van der Waals surface area contributed by atoms with E-state index in [0.29, 0.717) is 36.4 Å². The van der Waals surface area contributed by atoms with Gasteiger partial charge < -0.3 is 14.5 Å². The second-order valence-electron chi connectivity index (χ2n) is 5.16. The number of rotatable bonds is 3. The van der Waals surface area contributed by atoms with Gasteiger partial charge in [-0.05, 0) is 19.8 Å². The zero-order valence-corrected chi connectivity index (χ0v) is 11.3. The fourth-order valence-electron chi connectivity index (χ4n) is 2.45. The first-order valence-electron chi connectivity index (χ1n) is 6.43. The minimum atomic E-state index is -0.953. The molecule has 1 aliphatic heterocycles. The van der Waals surface area contributed by atoms with Gasteiger partial charge >= 0.3 is 5.97 Å². The minimum Gasteiger partial charge on any atom is -0.480 e. The normalized spacial score (nSPS) is 19.2. The van der Waals surface area contributed by atoms with Crippen LogP contribution in [0.25, 0.3) is 0 Å². The maximum absolute atomic E-state index is 12.5. The summed E-state index contributed by atoms with van der Waals surface area (Å²) in [6.07, 6.45) is 1.21. The summed E-state index contributed by atoms with van der Waals surface area (Å²) in [7, 11) is 0. The van der Waals surface area contributed by atoms with E-state index in [9.17, 15) is 9.59 Å². The van der Waals surface area contributed by atoms with Crippen molar-refractivity contribution >= 4 is 11.9 Å². The molecule has 2 rings (SSSR count). The van der Waals surface area contributed by atoms with Crippen LogP contribution in [-0.2, 0) is 4.79 Å². The topological polar surface area (TPSA) is 83.6 Å². The molecule has 0 aliphatic carbocycles. The molecule has 0 saturated carbocycles. The van der Waals surface area contributed by atoms with E-state index in [-0.39, 0.29) is 11.8 Å². The number of amides is 1. The van der Waals surface area contributed by atoms with E-state index in [2.05, 4.69) is 5.16 Å². The largest absolute Gasteiger partial charge is 0.480 e. The first-order chi connectivity index (χ1) is 8.93. The number of hydrogen-bond acceptors (Lipinski definition) is 4. The molecule has 1 saturated heterocycles. The molecule has 6 heteroatoms. The molecular weight excluding hydrogens is 248 g/mol. The van der Waals surface area contributed by atoms with Crippen LogP contribution in [-0.4, -0.2) is 39.6 Å². The lowest BCUT2D eigenvalue weighted by Crippen LogP contribution is -2.40. The van der Waals surface area contributed by atoms with Gasteiger partial charge in [0, 0.05) is 12.5 Å². The van der Waals surface area contributed by atoms with Crippen molar-refractivity contribution in [2.24, 2.45) is 0 Å². The third kappa shape index (κ3) is 2.34. The summed E-state index contributed by atoms with van der Waals surface area (Å²) in [4.78, 5) is 25.1. The van der Waals surface area contributed by atoms with Crippen molar-refractivity contribution < 1.29 is 19.2 Å². The molecule has 1 N–H and O–H groups in total. The molecule has 104 valence electrons. The molecule has 0 aromatic carbocycles. The smallest absolute Gasteiger partial charge is 0.326 e. The molecule has 1 fully saturated rings. The van der Waals surface area contributed by atoms with E-state index in [0.717, 1.165) is 0 Å². The van der Waals surface area contributed by atoms with E-state index >= 15 is 0 Å². The van der Waals surface area contributed by atoms with Gasteiger partial charge in [0.1, 0.15) is 11.6 Å². The van der Waals surface area contributed by atoms with E-state index in [4.69, 9.17) is 9.63 Å². The monoisotopic (exact) mass is 266 g/mol. The molecule has 0 radical (unpaired) electrons. The highest BCUT2D eigenvalue weighted by atomic mass is 16.5. The maximum atomic E-state index is 12.5. The third-order valence-corrected chi connectivity index (χ3v) is 3.43. The molecule has 0 bridgehead atoms. The van der Waals surface area contributed by atoms with Crippen LogP contribution in [0.2, 0.25) is 0 Å². The number of aromatic nitrogens is 1. The van der Waals surface area contributed by atoms with E-state index in [1.165, 1.54) is 4.90 Å². The Morgan fingerprint density at radius 3 is 2.74 bits per heavy atom. The number of carboxylic acid groups (broad SMARTS) is 1. The molecule has 1 aromatic rings. The number of carbonyl (C=O) groups excluding carboxylic acids is 1. The Kier molecular flexibility index (Phi) is 3.59. The van der Waals surface area contributed by atoms with Gasteiger partial charge in [-0.25, -0.2) is 4.79 Å². The van der Waals surface area contributed by atoms with Gasteiger partial charge in [-0.15, -0.1) is 0 Å². The third-order valence-electron chi connectivity index (χ3n) is 3.43. The quantitative estimate of drug-likeness (QED) is 0.901. The molecule has 6 nitrogen and oxygen atoms in total.